The predicted octanol–water partition coefficient (Wildman–Crippen LogP) is 4.55. The first-order valence-corrected chi connectivity index (χ1v) is 7.55. The third kappa shape index (κ3) is 2.78. The van der Waals surface area contributed by atoms with Crippen LogP contribution in [-0.4, -0.2) is 5.78 Å². The highest BCUT2D eigenvalue weighted by Crippen LogP contribution is 2.26. The van der Waals surface area contributed by atoms with E-state index >= 15 is 0 Å². The van der Waals surface area contributed by atoms with Gasteiger partial charge in [-0.25, -0.2) is 0 Å². The molecule has 0 spiro atoms. The topological polar surface area (TPSA) is 26.3 Å². The van der Waals surface area contributed by atoms with E-state index < -0.39 is 0 Å². The molecule has 2 nitrogen and oxygen atoms in total. The highest BCUT2D eigenvalue weighted by molar-refractivity contribution is 9.10. The molecule has 0 saturated carbocycles. The Bertz CT molecular complexity index is 649. The minimum Gasteiger partial charge on any atom is -0.489 e. The number of hydrogen-bond donors (Lipinski definition) is 0. The Labute approximate surface area is 126 Å². The van der Waals surface area contributed by atoms with Crippen LogP contribution in [0.1, 0.15) is 34.3 Å². The number of benzene rings is 2. The molecular formula is C17H15BrO2. The molecule has 1 aliphatic rings. The molecule has 0 radical (unpaired) electrons. The van der Waals surface area contributed by atoms with Crippen LogP contribution in [0.4, 0.5) is 0 Å². The fraction of sp³-hybridized carbons (Fsp3) is 0.235. The quantitative estimate of drug-likeness (QED) is 0.825. The van der Waals surface area contributed by atoms with E-state index in [2.05, 4.69) is 15.9 Å². The fourth-order valence-corrected chi connectivity index (χ4v) is 2.89. The van der Waals surface area contributed by atoms with Gasteiger partial charge in [0.2, 0.25) is 0 Å². The molecular weight excluding hydrogens is 316 g/mol. The van der Waals surface area contributed by atoms with Crippen molar-refractivity contribution in [2.24, 2.45) is 0 Å². The Kier molecular flexibility index (Phi) is 3.88. The molecule has 0 aliphatic heterocycles. The molecule has 0 bridgehead atoms. The maximum atomic E-state index is 11.8. The number of rotatable bonds is 3. The van der Waals surface area contributed by atoms with E-state index in [0.717, 1.165) is 39.8 Å². The first-order chi connectivity index (χ1) is 9.74. The van der Waals surface area contributed by atoms with E-state index in [1.807, 2.05) is 42.5 Å². The Balaban J connectivity index is 1.76. The number of halogens is 1. The van der Waals surface area contributed by atoms with Crippen molar-refractivity contribution in [3.63, 3.8) is 0 Å². The van der Waals surface area contributed by atoms with Gasteiger partial charge < -0.3 is 4.74 Å². The lowest BCUT2D eigenvalue weighted by Crippen LogP contribution is -2.10. The van der Waals surface area contributed by atoms with E-state index in [1.165, 1.54) is 0 Å². The smallest absolute Gasteiger partial charge is 0.163 e. The highest BCUT2D eigenvalue weighted by Gasteiger charge is 2.17. The summed E-state index contributed by atoms with van der Waals surface area (Å²) in [6.07, 6.45) is 2.58. The number of carbonyl (C=O) groups is 1. The molecule has 0 unspecified atom stereocenters. The minimum absolute atomic E-state index is 0.253. The average Bonchev–Trinajstić information content (AvgIpc) is 2.46. The van der Waals surface area contributed by atoms with Crippen molar-refractivity contribution >= 4 is 21.7 Å². The van der Waals surface area contributed by atoms with Gasteiger partial charge in [-0.2, -0.15) is 0 Å². The third-order valence-corrected chi connectivity index (χ3v) is 4.35. The van der Waals surface area contributed by atoms with E-state index in [1.54, 1.807) is 0 Å². The lowest BCUT2D eigenvalue weighted by molar-refractivity contribution is 0.0972. The van der Waals surface area contributed by atoms with Gasteiger partial charge in [0.1, 0.15) is 12.4 Å². The first kappa shape index (κ1) is 13.4. The molecule has 20 heavy (non-hydrogen) atoms. The number of hydrogen-bond acceptors (Lipinski definition) is 2. The summed E-state index contributed by atoms with van der Waals surface area (Å²) in [5.41, 5.74) is 3.09. The van der Waals surface area contributed by atoms with Crippen LogP contribution in [0, 0.1) is 0 Å². The zero-order valence-corrected chi connectivity index (χ0v) is 12.7. The Morgan fingerprint density at radius 3 is 2.80 bits per heavy atom. The number of carbonyl (C=O) groups excluding carboxylic acids is 1. The number of aryl methyl sites for hydroxylation is 1. The molecule has 1 aliphatic carbocycles. The Hall–Kier alpha value is -1.61. The molecule has 3 rings (SSSR count). The molecule has 3 heteroatoms. The zero-order chi connectivity index (χ0) is 13.9. The van der Waals surface area contributed by atoms with Gasteiger partial charge in [0, 0.05) is 22.0 Å². The third-order valence-electron chi connectivity index (χ3n) is 3.58. The summed E-state index contributed by atoms with van der Waals surface area (Å²) >= 11 is 3.51. The van der Waals surface area contributed by atoms with Crippen LogP contribution in [0.25, 0.3) is 0 Å². The van der Waals surface area contributed by atoms with Crippen molar-refractivity contribution in [2.75, 3.05) is 0 Å². The number of Topliss-reactive ketones (excluding diaryl/α,β-unsaturated/α-hetero) is 1. The van der Waals surface area contributed by atoms with Gasteiger partial charge >= 0.3 is 0 Å². The monoisotopic (exact) mass is 330 g/mol. The van der Waals surface area contributed by atoms with Gasteiger partial charge in [-0.1, -0.05) is 34.1 Å². The predicted molar refractivity (Wildman–Crippen MR) is 82.2 cm³/mol. The molecule has 0 amide bonds. The van der Waals surface area contributed by atoms with Crippen molar-refractivity contribution in [1.82, 2.24) is 0 Å². The summed E-state index contributed by atoms with van der Waals surface area (Å²) in [4.78, 5) is 11.8. The molecule has 0 fully saturated rings. The Morgan fingerprint density at radius 1 is 1.10 bits per heavy atom. The summed E-state index contributed by atoms with van der Waals surface area (Å²) in [5.74, 6) is 1.08. The van der Waals surface area contributed by atoms with Crippen molar-refractivity contribution in [2.45, 2.75) is 25.9 Å². The van der Waals surface area contributed by atoms with Crippen molar-refractivity contribution in [3.8, 4) is 5.75 Å². The van der Waals surface area contributed by atoms with Crippen molar-refractivity contribution in [3.05, 3.63) is 63.6 Å². The van der Waals surface area contributed by atoms with Crippen LogP contribution >= 0.6 is 15.9 Å². The average molecular weight is 331 g/mol. The normalized spacial score (nSPS) is 13.9. The molecule has 102 valence electrons. The molecule has 2 aromatic rings. The number of ketones is 1. The number of fused-ring (bicyclic) bond motifs is 1. The van der Waals surface area contributed by atoms with Crippen LogP contribution in [-0.2, 0) is 13.0 Å². The summed E-state index contributed by atoms with van der Waals surface area (Å²) in [6, 6.07) is 13.8. The van der Waals surface area contributed by atoms with Crippen LogP contribution in [0.15, 0.2) is 46.9 Å². The van der Waals surface area contributed by atoms with E-state index in [0.29, 0.717) is 13.0 Å². The SMILES string of the molecule is O=C1CCCc2cc(OCc3ccccc3Br)ccc21. The summed E-state index contributed by atoms with van der Waals surface area (Å²) in [7, 11) is 0. The van der Waals surface area contributed by atoms with Crippen molar-refractivity contribution in [1.29, 1.82) is 0 Å². The molecule has 0 N–H and O–H groups in total. The van der Waals surface area contributed by atoms with E-state index in [-0.39, 0.29) is 5.78 Å². The molecule has 0 aromatic heterocycles. The summed E-state index contributed by atoms with van der Waals surface area (Å²) in [5, 5.41) is 0. The van der Waals surface area contributed by atoms with Gasteiger partial charge in [0.15, 0.2) is 5.78 Å². The van der Waals surface area contributed by atoms with E-state index in [4.69, 9.17) is 4.74 Å². The van der Waals surface area contributed by atoms with Gasteiger partial charge in [-0.15, -0.1) is 0 Å². The summed E-state index contributed by atoms with van der Waals surface area (Å²) < 4.78 is 6.88. The standard InChI is InChI=1S/C17H15BrO2/c18-16-6-2-1-4-13(16)11-20-14-8-9-15-12(10-14)5-3-7-17(15)19/h1-2,4,6,8-10H,3,5,7,11H2. The fourth-order valence-electron chi connectivity index (χ4n) is 2.49. The van der Waals surface area contributed by atoms with Crippen LogP contribution in [0.2, 0.25) is 0 Å². The first-order valence-electron chi connectivity index (χ1n) is 6.76. The molecule has 2 aromatic carbocycles. The second-order valence-electron chi connectivity index (χ2n) is 4.98. The maximum Gasteiger partial charge on any atom is 0.163 e. The second-order valence-corrected chi connectivity index (χ2v) is 5.83. The molecule has 0 atom stereocenters. The van der Waals surface area contributed by atoms with Gasteiger partial charge in [-0.05, 0) is 42.7 Å². The van der Waals surface area contributed by atoms with Gasteiger partial charge in [0.25, 0.3) is 0 Å². The molecule has 0 heterocycles. The number of ether oxygens (including phenoxy) is 1. The van der Waals surface area contributed by atoms with E-state index in [9.17, 15) is 4.79 Å². The minimum atomic E-state index is 0.253. The summed E-state index contributed by atoms with van der Waals surface area (Å²) in [6.45, 7) is 0.522. The highest BCUT2D eigenvalue weighted by atomic mass is 79.9. The maximum absolute atomic E-state index is 11.8. The van der Waals surface area contributed by atoms with Crippen LogP contribution in [0.5, 0.6) is 5.75 Å². The van der Waals surface area contributed by atoms with Crippen LogP contribution in [0.3, 0.4) is 0 Å². The van der Waals surface area contributed by atoms with Gasteiger partial charge in [0.05, 0.1) is 0 Å². The second kappa shape index (κ2) is 5.80. The molecule has 0 saturated heterocycles. The van der Waals surface area contributed by atoms with Crippen LogP contribution < -0.4 is 4.74 Å². The lowest BCUT2D eigenvalue weighted by Gasteiger charge is -2.16. The lowest BCUT2D eigenvalue weighted by atomic mass is 9.90. The largest absolute Gasteiger partial charge is 0.489 e. The van der Waals surface area contributed by atoms with Crippen molar-refractivity contribution < 1.29 is 9.53 Å². The Morgan fingerprint density at radius 2 is 1.95 bits per heavy atom. The van der Waals surface area contributed by atoms with Gasteiger partial charge in [-0.3, -0.25) is 4.79 Å². The zero-order valence-electron chi connectivity index (χ0n) is 11.1.